The number of benzene rings is 2. The van der Waals surface area contributed by atoms with Crippen LogP contribution in [0.2, 0.25) is 0 Å². The average Bonchev–Trinajstić information content (AvgIpc) is 3.00. The number of anilines is 2. The number of aryl methyl sites for hydroxylation is 1. The van der Waals surface area contributed by atoms with Crippen molar-refractivity contribution in [2.24, 2.45) is 0 Å². The zero-order valence-corrected chi connectivity index (χ0v) is 14.0. The van der Waals surface area contributed by atoms with Gasteiger partial charge in [0.25, 0.3) is 0 Å². The summed E-state index contributed by atoms with van der Waals surface area (Å²) in [4.78, 5) is 3.18. The van der Waals surface area contributed by atoms with Crippen molar-refractivity contribution < 1.29 is 9.13 Å². The van der Waals surface area contributed by atoms with Crippen LogP contribution in [-0.2, 0) is 6.42 Å². The number of hydrogen-bond donors (Lipinski definition) is 4. The van der Waals surface area contributed by atoms with Crippen molar-refractivity contribution in [3.8, 4) is 5.75 Å². The molecule has 0 amide bonds. The molecule has 0 aliphatic heterocycles. The fourth-order valence-corrected chi connectivity index (χ4v) is 2.81. The molecule has 1 heterocycles. The number of nitrogens with two attached hydrogens (primary N) is 2. The Labute approximate surface area is 146 Å². The maximum absolute atomic E-state index is 13.4. The van der Waals surface area contributed by atoms with E-state index in [9.17, 15) is 4.39 Å². The summed E-state index contributed by atoms with van der Waals surface area (Å²) in [7, 11) is 0. The summed E-state index contributed by atoms with van der Waals surface area (Å²) >= 11 is 0. The topological polar surface area (TPSA) is 89.1 Å². The first kappa shape index (κ1) is 17.1. The van der Waals surface area contributed by atoms with E-state index in [1.165, 1.54) is 6.07 Å². The van der Waals surface area contributed by atoms with Gasteiger partial charge in [0.15, 0.2) is 0 Å². The van der Waals surface area contributed by atoms with E-state index in [4.69, 9.17) is 16.2 Å². The molecule has 6 N–H and O–H groups in total. The normalized spacial score (nSPS) is 11.1. The smallest absolute Gasteiger partial charge is 0.144 e. The Balaban J connectivity index is 1.37. The predicted octanol–water partition coefficient (Wildman–Crippen LogP) is 3.07. The van der Waals surface area contributed by atoms with Gasteiger partial charge in [0.05, 0.1) is 11.4 Å². The van der Waals surface area contributed by atoms with Gasteiger partial charge < -0.3 is 26.5 Å². The highest BCUT2D eigenvalue weighted by atomic mass is 19.1. The monoisotopic (exact) mass is 342 g/mol. The molecule has 3 aromatic rings. The quantitative estimate of drug-likeness (QED) is 0.374. The van der Waals surface area contributed by atoms with Crippen molar-refractivity contribution >= 4 is 22.3 Å². The largest absolute Gasteiger partial charge is 0.490 e. The Kier molecular flexibility index (Phi) is 5.40. The van der Waals surface area contributed by atoms with Crippen LogP contribution in [0, 0.1) is 5.82 Å². The molecule has 25 heavy (non-hydrogen) atoms. The van der Waals surface area contributed by atoms with Gasteiger partial charge in [0.1, 0.15) is 18.2 Å². The van der Waals surface area contributed by atoms with Gasteiger partial charge in [-0.05, 0) is 55.3 Å². The van der Waals surface area contributed by atoms with E-state index in [1.54, 1.807) is 18.2 Å². The van der Waals surface area contributed by atoms with Crippen molar-refractivity contribution in [2.75, 3.05) is 31.2 Å². The van der Waals surface area contributed by atoms with Gasteiger partial charge >= 0.3 is 0 Å². The van der Waals surface area contributed by atoms with Gasteiger partial charge in [-0.3, -0.25) is 0 Å². The fourth-order valence-electron chi connectivity index (χ4n) is 2.81. The highest BCUT2D eigenvalue weighted by Gasteiger charge is 2.05. The van der Waals surface area contributed by atoms with E-state index in [1.807, 2.05) is 18.3 Å². The third kappa shape index (κ3) is 4.22. The number of H-pyrrole nitrogens is 1. The minimum atomic E-state index is -0.204. The number of fused-ring (bicyclic) bond motifs is 1. The van der Waals surface area contributed by atoms with Crippen LogP contribution in [0.25, 0.3) is 10.9 Å². The first-order valence-electron chi connectivity index (χ1n) is 8.38. The molecule has 0 aliphatic carbocycles. The van der Waals surface area contributed by atoms with E-state index in [2.05, 4.69) is 10.3 Å². The summed E-state index contributed by atoms with van der Waals surface area (Å²) in [6.45, 7) is 2.10. The summed E-state index contributed by atoms with van der Waals surface area (Å²) in [6, 6.07) is 10.2. The summed E-state index contributed by atoms with van der Waals surface area (Å²) in [5.41, 5.74) is 14.7. The second-order valence-corrected chi connectivity index (χ2v) is 5.96. The minimum Gasteiger partial charge on any atom is -0.490 e. The first-order chi connectivity index (χ1) is 12.1. The Morgan fingerprint density at radius 3 is 2.88 bits per heavy atom. The molecule has 0 radical (unpaired) electrons. The van der Waals surface area contributed by atoms with E-state index < -0.39 is 0 Å². The zero-order valence-electron chi connectivity index (χ0n) is 14.0. The van der Waals surface area contributed by atoms with Gasteiger partial charge in [0, 0.05) is 23.6 Å². The van der Waals surface area contributed by atoms with Crippen LogP contribution in [-0.4, -0.2) is 24.7 Å². The summed E-state index contributed by atoms with van der Waals surface area (Å²) in [5.74, 6) is 0.409. The van der Waals surface area contributed by atoms with Crippen molar-refractivity contribution in [2.45, 2.75) is 12.8 Å². The summed E-state index contributed by atoms with van der Waals surface area (Å²) in [6.07, 6.45) is 3.80. The maximum atomic E-state index is 13.4. The molecule has 0 unspecified atom stereocenters. The molecular formula is C19H23FN4O. The molecule has 0 fully saturated rings. The van der Waals surface area contributed by atoms with Crippen LogP contribution >= 0.6 is 0 Å². The molecule has 0 spiro atoms. The molecule has 132 valence electrons. The number of para-hydroxylation sites is 1. The standard InChI is InChI=1S/C19H23FN4O/c20-14-6-7-17-15(11-14)13(12-24-17)3-2-8-23-9-10-25-18-5-1-4-16(21)19(18)22/h1,4-7,11-12,23-24H,2-3,8-10,21-22H2. The number of nitrogen functional groups attached to an aromatic ring is 2. The number of aromatic amines is 1. The van der Waals surface area contributed by atoms with Gasteiger partial charge in [-0.25, -0.2) is 4.39 Å². The molecule has 6 heteroatoms. The predicted molar refractivity (Wildman–Crippen MR) is 100 cm³/mol. The Morgan fingerprint density at radius 2 is 2.00 bits per heavy atom. The number of rotatable bonds is 8. The van der Waals surface area contributed by atoms with Gasteiger partial charge in [-0.15, -0.1) is 0 Å². The summed E-state index contributed by atoms with van der Waals surface area (Å²) < 4.78 is 19.0. The molecule has 2 aromatic carbocycles. The van der Waals surface area contributed by atoms with Crippen LogP contribution in [0.15, 0.2) is 42.6 Å². The van der Waals surface area contributed by atoms with E-state index >= 15 is 0 Å². The van der Waals surface area contributed by atoms with Crippen molar-refractivity contribution in [1.82, 2.24) is 10.3 Å². The van der Waals surface area contributed by atoms with E-state index in [0.29, 0.717) is 23.7 Å². The van der Waals surface area contributed by atoms with Crippen LogP contribution < -0.4 is 21.5 Å². The van der Waals surface area contributed by atoms with Crippen LogP contribution in [0.1, 0.15) is 12.0 Å². The third-order valence-corrected chi connectivity index (χ3v) is 4.17. The lowest BCUT2D eigenvalue weighted by molar-refractivity contribution is 0.315. The number of hydrogen-bond acceptors (Lipinski definition) is 4. The fraction of sp³-hybridized carbons (Fsp3) is 0.263. The Bertz CT molecular complexity index is 847. The number of ether oxygens (including phenoxy) is 1. The van der Waals surface area contributed by atoms with E-state index in [0.717, 1.165) is 42.4 Å². The zero-order chi connectivity index (χ0) is 17.6. The van der Waals surface area contributed by atoms with Crippen molar-refractivity contribution in [3.63, 3.8) is 0 Å². The second-order valence-electron chi connectivity index (χ2n) is 5.96. The lowest BCUT2D eigenvalue weighted by Gasteiger charge is -2.10. The number of aromatic nitrogens is 1. The molecule has 5 nitrogen and oxygen atoms in total. The highest BCUT2D eigenvalue weighted by molar-refractivity contribution is 5.83. The van der Waals surface area contributed by atoms with Gasteiger partial charge in [0.2, 0.25) is 0 Å². The highest BCUT2D eigenvalue weighted by Crippen LogP contribution is 2.26. The third-order valence-electron chi connectivity index (χ3n) is 4.17. The Morgan fingerprint density at radius 1 is 1.12 bits per heavy atom. The minimum absolute atomic E-state index is 0.204. The lowest BCUT2D eigenvalue weighted by atomic mass is 10.1. The molecule has 0 aliphatic rings. The van der Waals surface area contributed by atoms with Gasteiger partial charge in [-0.1, -0.05) is 6.07 Å². The SMILES string of the molecule is Nc1cccc(OCCNCCCc2c[nH]c3ccc(F)cc23)c1N. The molecular weight excluding hydrogens is 319 g/mol. The first-order valence-corrected chi connectivity index (χ1v) is 8.38. The van der Waals surface area contributed by atoms with Crippen LogP contribution in [0.4, 0.5) is 15.8 Å². The maximum Gasteiger partial charge on any atom is 0.144 e. The summed E-state index contributed by atoms with van der Waals surface area (Å²) in [5, 5.41) is 4.29. The molecule has 0 atom stereocenters. The van der Waals surface area contributed by atoms with Crippen molar-refractivity contribution in [1.29, 1.82) is 0 Å². The molecule has 1 aromatic heterocycles. The van der Waals surface area contributed by atoms with Crippen LogP contribution in [0.3, 0.4) is 0 Å². The second kappa shape index (κ2) is 7.90. The molecule has 0 bridgehead atoms. The van der Waals surface area contributed by atoms with E-state index in [-0.39, 0.29) is 5.82 Å². The lowest BCUT2D eigenvalue weighted by Crippen LogP contribution is -2.22. The number of nitrogens with one attached hydrogen (secondary N) is 2. The van der Waals surface area contributed by atoms with Gasteiger partial charge in [-0.2, -0.15) is 0 Å². The number of halogens is 1. The molecule has 0 saturated carbocycles. The Hall–Kier alpha value is -2.73. The van der Waals surface area contributed by atoms with Crippen molar-refractivity contribution in [3.05, 3.63) is 54.0 Å². The molecule has 3 rings (SSSR count). The average molecular weight is 342 g/mol. The molecule has 0 saturated heterocycles. The van der Waals surface area contributed by atoms with Crippen LogP contribution in [0.5, 0.6) is 5.75 Å².